The van der Waals surface area contributed by atoms with E-state index in [1.165, 1.54) is 57.8 Å². The number of allylic oxidation sites excluding steroid dienone is 8. The van der Waals surface area contributed by atoms with Crippen molar-refractivity contribution in [1.29, 1.82) is 0 Å². The Morgan fingerprint density at radius 1 is 0.773 bits per heavy atom. The van der Waals surface area contributed by atoms with Gasteiger partial charge in [-0.15, -0.1) is 0 Å². The summed E-state index contributed by atoms with van der Waals surface area (Å²) >= 11 is 0. The predicted octanol–water partition coefficient (Wildman–Crippen LogP) is 0.275. The summed E-state index contributed by atoms with van der Waals surface area (Å²) in [4.78, 5) is 0. The third kappa shape index (κ3) is 7.32. The smallest absolute Gasteiger partial charge is 1.00 e. The summed E-state index contributed by atoms with van der Waals surface area (Å²) in [6.45, 7) is 4.57. The minimum absolute atomic E-state index is 0. The van der Waals surface area contributed by atoms with Crippen LogP contribution in [0.4, 0.5) is 0 Å². The van der Waals surface area contributed by atoms with Gasteiger partial charge in [0.05, 0.1) is 0 Å². The van der Waals surface area contributed by atoms with E-state index in [2.05, 4.69) is 38.2 Å². The zero-order chi connectivity index (χ0) is 13.5. The molecule has 3 heteroatoms. The maximum Gasteiger partial charge on any atom is 4.00 e. The molecule has 0 unspecified atom stereocenters. The fourth-order valence-corrected chi connectivity index (χ4v) is 3.07. The van der Waals surface area contributed by atoms with E-state index in [1.54, 1.807) is 22.3 Å². The number of hydrogen-bond acceptors (Lipinski definition) is 0. The molecule has 0 saturated heterocycles. The second-order valence-corrected chi connectivity index (χ2v) is 5.85. The van der Waals surface area contributed by atoms with Crippen LogP contribution in [0.25, 0.3) is 0 Å². The number of rotatable bonds is 8. The van der Waals surface area contributed by atoms with E-state index in [0.29, 0.717) is 0 Å². The van der Waals surface area contributed by atoms with E-state index >= 15 is 0 Å². The standard InChI is InChI=1S/C19H28.2ClH.Hf/c1-3-5-9-16-11-7-13-18(16)15-19-14-8-12-17(19)10-6-4-2;;;/h7-8,11-12H,3-6,9-10,13-15H2,1-2H3;2*1H;/q;;;+4/p-2. The van der Waals surface area contributed by atoms with Gasteiger partial charge in [0.25, 0.3) is 0 Å². The van der Waals surface area contributed by atoms with Gasteiger partial charge in [-0.25, -0.2) is 0 Å². The van der Waals surface area contributed by atoms with Crippen molar-refractivity contribution < 1.29 is 50.7 Å². The molecule has 0 N–H and O–H groups in total. The second-order valence-electron chi connectivity index (χ2n) is 5.85. The first-order valence-electron chi connectivity index (χ1n) is 8.10. The van der Waals surface area contributed by atoms with Gasteiger partial charge < -0.3 is 24.8 Å². The minimum atomic E-state index is 0. The Kier molecular flexibility index (Phi) is 15.5. The Bertz CT molecular complexity index is 391. The third-order valence-corrected chi connectivity index (χ3v) is 4.30. The quantitative estimate of drug-likeness (QED) is 0.416. The average Bonchev–Trinajstić information content (AvgIpc) is 3.04. The van der Waals surface area contributed by atoms with Crippen LogP contribution in [0, 0.1) is 0 Å². The maximum atomic E-state index is 2.37. The number of halogens is 2. The molecule has 0 radical (unpaired) electrons. The zero-order valence-electron chi connectivity index (χ0n) is 13.9. The molecule has 0 aromatic rings. The van der Waals surface area contributed by atoms with Crippen molar-refractivity contribution in [1.82, 2.24) is 0 Å². The number of hydrogen-bond donors (Lipinski definition) is 0. The molecular weight excluding hydrogens is 478 g/mol. The first-order chi connectivity index (χ1) is 9.35. The Balaban J connectivity index is 0. The van der Waals surface area contributed by atoms with Gasteiger partial charge in [0.15, 0.2) is 0 Å². The molecule has 0 nitrogen and oxygen atoms in total. The Morgan fingerprint density at radius 3 is 1.55 bits per heavy atom. The van der Waals surface area contributed by atoms with E-state index < -0.39 is 0 Å². The first-order valence-corrected chi connectivity index (χ1v) is 8.10. The molecule has 0 aromatic heterocycles. The molecule has 0 saturated carbocycles. The van der Waals surface area contributed by atoms with Crippen molar-refractivity contribution in [2.24, 2.45) is 0 Å². The van der Waals surface area contributed by atoms with Crippen LogP contribution in [-0.2, 0) is 25.8 Å². The van der Waals surface area contributed by atoms with Crippen LogP contribution in [0.3, 0.4) is 0 Å². The molecule has 0 atom stereocenters. The number of unbranched alkanes of at least 4 members (excludes halogenated alkanes) is 2. The van der Waals surface area contributed by atoms with E-state index in [-0.39, 0.29) is 50.7 Å². The fraction of sp³-hybridized carbons (Fsp3) is 0.579. The molecule has 2 rings (SSSR count). The van der Waals surface area contributed by atoms with Crippen molar-refractivity contribution in [3.8, 4) is 0 Å². The normalized spacial score (nSPS) is 15.7. The summed E-state index contributed by atoms with van der Waals surface area (Å²) in [7, 11) is 0. The SMILES string of the molecule is CCCCC1=C(CC2=C(CCCC)C=CC2)CC=C1.[Cl-].[Cl-].[Hf+4]. The molecule has 0 spiro atoms. The molecule has 0 bridgehead atoms. The van der Waals surface area contributed by atoms with E-state index in [0.717, 1.165) is 0 Å². The van der Waals surface area contributed by atoms with Gasteiger partial charge in [0.2, 0.25) is 0 Å². The van der Waals surface area contributed by atoms with Gasteiger partial charge in [-0.1, -0.05) is 62.1 Å². The summed E-state index contributed by atoms with van der Waals surface area (Å²) in [6, 6.07) is 0. The Morgan fingerprint density at radius 2 is 1.18 bits per heavy atom. The van der Waals surface area contributed by atoms with Crippen LogP contribution in [0.2, 0.25) is 0 Å². The van der Waals surface area contributed by atoms with Crippen LogP contribution in [0.1, 0.15) is 71.6 Å². The van der Waals surface area contributed by atoms with Crippen LogP contribution in [0.15, 0.2) is 46.6 Å². The molecular formula is C19H28Cl2Hf+2. The minimum Gasteiger partial charge on any atom is -1.00 e. The van der Waals surface area contributed by atoms with Crippen molar-refractivity contribution in [2.75, 3.05) is 0 Å². The molecule has 120 valence electrons. The molecule has 2 aliphatic rings. The topological polar surface area (TPSA) is 0 Å². The first kappa shape index (κ1) is 24.7. The van der Waals surface area contributed by atoms with E-state index in [4.69, 9.17) is 0 Å². The summed E-state index contributed by atoms with van der Waals surface area (Å²) < 4.78 is 0. The van der Waals surface area contributed by atoms with Gasteiger partial charge in [-0.3, -0.25) is 0 Å². The van der Waals surface area contributed by atoms with Crippen LogP contribution < -0.4 is 24.8 Å². The Hall–Kier alpha value is 0.410. The van der Waals surface area contributed by atoms with E-state index in [9.17, 15) is 0 Å². The summed E-state index contributed by atoms with van der Waals surface area (Å²) in [5.41, 5.74) is 6.66. The van der Waals surface area contributed by atoms with Crippen molar-refractivity contribution in [2.45, 2.75) is 71.6 Å². The maximum absolute atomic E-state index is 2.37. The van der Waals surface area contributed by atoms with Crippen LogP contribution in [-0.4, -0.2) is 0 Å². The van der Waals surface area contributed by atoms with E-state index in [1.807, 2.05) is 0 Å². The third-order valence-electron chi connectivity index (χ3n) is 4.30. The molecule has 22 heavy (non-hydrogen) atoms. The molecule has 0 aromatic carbocycles. The van der Waals surface area contributed by atoms with Gasteiger partial charge in [0.1, 0.15) is 0 Å². The molecule has 0 heterocycles. The largest absolute Gasteiger partial charge is 4.00 e. The fourth-order valence-electron chi connectivity index (χ4n) is 3.07. The zero-order valence-corrected chi connectivity index (χ0v) is 19.0. The Labute approximate surface area is 168 Å². The summed E-state index contributed by atoms with van der Waals surface area (Å²) in [6.07, 6.45) is 20.9. The molecule has 0 aliphatic heterocycles. The van der Waals surface area contributed by atoms with Crippen molar-refractivity contribution in [3.63, 3.8) is 0 Å². The van der Waals surface area contributed by atoms with Crippen LogP contribution >= 0.6 is 0 Å². The second kappa shape index (κ2) is 13.8. The van der Waals surface area contributed by atoms with Gasteiger partial charge in [0, 0.05) is 0 Å². The van der Waals surface area contributed by atoms with Crippen LogP contribution in [0.5, 0.6) is 0 Å². The van der Waals surface area contributed by atoms with Crippen molar-refractivity contribution >= 4 is 0 Å². The van der Waals surface area contributed by atoms with Crippen molar-refractivity contribution in [3.05, 3.63) is 46.6 Å². The van der Waals surface area contributed by atoms with Gasteiger partial charge in [-0.2, -0.15) is 0 Å². The van der Waals surface area contributed by atoms with Gasteiger partial charge in [-0.05, 0) is 56.1 Å². The summed E-state index contributed by atoms with van der Waals surface area (Å²) in [5, 5.41) is 0. The van der Waals surface area contributed by atoms with Gasteiger partial charge >= 0.3 is 25.8 Å². The molecule has 2 aliphatic carbocycles. The molecule has 0 amide bonds. The predicted molar refractivity (Wildman–Crippen MR) is 85.2 cm³/mol. The average molecular weight is 506 g/mol. The summed E-state index contributed by atoms with van der Waals surface area (Å²) in [5.74, 6) is 0. The monoisotopic (exact) mass is 506 g/mol. The molecule has 0 fully saturated rings.